The van der Waals surface area contributed by atoms with Crippen molar-refractivity contribution in [2.45, 2.75) is 86.8 Å². The number of ether oxygens (including phenoxy) is 1. The first-order chi connectivity index (χ1) is 12.2. The van der Waals surface area contributed by atoms with Gasteiger partial charge in [0.05, 0.1) is 6.04 Å². The summed E-state index contributed by atoms with van der Waals surface area (Å²) in [5.41, 5.74) is 4.47. The molecule has 5 heteroatoms. The van der Waals surface area contributed by atoms with Crippen molar-refractivity contribution in [3.63, 3.8) is 0 Å². The Hall–Kier alpha value is -2.04. The molecule has 0 aliphatic heterocycles. The van der Waals surface area contributed by atoms with Gasteiger partial charge in [-0.3, -0.25) is 4.79 Å². The minimum Gasteiger partial charge on any atom is -0.443 e. The highest BCUT2D eigenvalue weighted by Crippen LogP contribution is 2.29. The number of hydrogen-bond acceptors (Lipinski definition) is 3. The normalized spacial score (nSPS) is 13.1. The molecule has 0 saturated carbocycles. The van der Waals surface area contributed by atoms with Gasteiger partial charge in [0, 0.05) is 5.56 Å². The minimum absolute atomic E-state index is 0.164. The summed E-state index contributed by atoms with van der Waals surface area (Å²) in [5.74, 6) is -0.221. The third-order valence-electron chi connectivity index (χ3n) is 4.17. The maximum atomic E-state index is 13.4. The molecule has 0 aliphatic carbocycles. The van der Waals surface area contributed by atoms with Crippen molar-refractivity contribution in [1.29, 1.82) is 0 Å². The number of aryl methyl sites for hydroxylation is 2. The fraction of sp³-hybridized carbons (Fsp3) is 0.636. The first-order valence-corrected chi connectivity index (χ1v) is 9.66. The van der Waals surface area contributed by atoms with Crippen LogP contribution in [0.5, 0.6) is 0 Å². The van der Waals surface area contributed by atoms with E-state index in [1.807, 2.05) is 32.0 Å². The van der Waals surface area contributed by atoms with Crippen molar-refractivity contribution < 1.29 is 14.3 Å². The van der Waals surface area contributed by atoms with Crippen LogP contribution in [-0.4, -0.2) is 28.7 Å². The van der Waals surface area contributed by atoms with Crippen LogP contribution in [-0.2, 0) is 4.74 Å². The second kappa shape index (κ2) is 8.77. The lowest BCUT2D eigenvalue weighted by Crippen LogP contribution is -2.57. The first kappa shape index (κ1) is 23.0. The van der Waals surface area contributed by atoms with Crippen LogP contribution in [0.3, 0.4) is 0 Å². The van der Waals surface area contributed by atoms with Gasteiger partial charge in [-0.25, -0.2) is 15.2 Å². The van der Waals surface area contributed by atoms with Crippen LogP contribution in [0.25, 0.3) is 0 Å². The van der Waals surface area contributed by atoms with Gasteiger partial charge < -0.3 is 4.74 Å². The van der Waals surface area contributed by atoms with Gasteiger partial charge in [-0.1, -0.05) is 51.3 Å². The Bertz CT molecular complexity index is 649. The van der Waals surface area contributed by atoms with Gasteiger partial charge in [0.1, 0.15) is 5.60 Å². The monoisotopic (exact) mass is 376 g/mol. The Morgan fingerprint density at radius 3 is 1.96 bits per heavy atom. The van der Waals surface area contributed by atoms with Crippen molar-refractivity contribution in [3.8, 4) is 0 Å². The van der Waals surface area contributed by atoms with Crippen LogP contribution in [0, 0.1) is 19.3 Å². The second-order valence-electron chi connectivity index (χ2n) is 9.34. The van der Waals surface area contributed by atoms with E-state index in [0.717, 1.165) is 24.0 Å². The van der Waals surface area contributed by atoms with Crippen LogP contribution >= 0.6 is 0 Å². The van der Waals surface area contributed by atoms with Gasteiger partial charge >= 0.3 is 6.09 Å². The molecule has 0 aliphatic rings. The molecule has 1 N–H and O–H groups in total. The van der Waals surface area contributed by atoms with E-state index in [9.17, 15) is 9.59 Å². The van der Waals surface area contributed by atoms with E-state index < -0.39 is 11.7 Å². The Kier molecular flexibility index (Phi) is 7.47. The molecule has 0 saturated heterocycles. The lowest BCUT2D eigenvalue weighted by atomic mass is 9.83. The molecule has 0 spiro atoms. The van der Waals surface area contributed by atoms with Gasteiger partial charge in [-0.05, 0) is 58.6 Å². The van der Waals surface area contributed by atoms with Crippen molar-refractivity contribution >= 4 is 12.0 Å². The van der Waals surface area contributed by atoms with Gasteiger partial charge in [-0.15, -0.1) is 0 Å². The molecule has 1 rings (SSSR count). The predicted molar refractivity (Wildman–Crippen MR) is 110 cm³/mol. The van der Waals surface area contributed by atoms with E-state index in [4.69, 9.17) is 4.74 Å². The molecule has 0 heterocycles. The molecule has 0 fully saturated rings. The summed E-state index contributed by atoms with van der Waals surface area (Å²) in [4.78, 5) is 25.8. The summed E-state index contributed by atoms with van der Waals surface area (Å²) in [6, 6.07) is 5.56. The van der Waals surface area contributed by atoms with Gasteiger partial charge in [0.2, 0.25) is 0 Å². The van der Waals surface area contributed by atoms with Crippen molar-refractivity contribution in [2.75, 3.05) is 0 Å². The molecule has 0 unspecified atom stereocenters. The summed E-state index contributed by atoms with van der Waals surface area (Å²) in [6.45, 7) is 17.6. The third kappa shape index (κ3) is 7.24. The lowest BCUT2D eigenvalue weighted by Gasteiger charge is -2.40. The third-order valence-corrected chi connectivity index (χ3v) is 4.17. The van der Waals surface area contributed by atoms with Crippen molar-refractivity contribution in [3.05, 3.63) is 34.9 Å². The predicted octanol–water partition coefficient (Wildman–Crippen LogP) is 5.40. The highest BCUT2D eigenvalue weighted by Gasteiger charge is 2.35. The first-order valence-electron chi connectivity index (χ1n) is 9.66. The minimum atomic E-state index is -0.638. The second-order valence-corrected chi connectivity index (χ2v) is 9.34. The number of benzene rings is 1. The molecule has 152 valence electrons. The van der Waals surface area contributed by atoms with E-state index in [0.29, 0.717) is 5.56 Å². The van der Waals surface area contributed by atoms with Crippen LogP contribution in [0.2, 0.25) is 0 Å². The van der Waals surface area contributed by atoms with Crippen molar-refractivity contribution in [2.24, 2.45) is 5.41 Å². The zero-order chi connectivity index (χ0) is 21.0. The number of nitrogens with zero attached hydrogens (tertiary/aromatic N) is 1. The number of carbonyl (C=O) groups excluding carboxylic acids is 2. The standard InChI is InChI=1S/C22H36N2O3/c1-10-11-18(21(4,5)6)24(23-20(26)27-22(7,8)9)19(25)17-13-15(2)12-16(3)14-17/h12-14,18H,10-11H2,1-9H3,(H,23,26)/t18-/m1/s1. The van der Waals surface area contributed by atoms with Gasteiger partial charge in [0.25, 0.3) is 5.91 Å². The fourth-order valence-corrected chi connectivity index (χ4v) is 3.13. The molecular formula is C22H36N2O3. The molecule has 1 aromatic rings. The van der Waals surface area contributed by atoms with Crippen LogP contribution in [0.1, 0.15) is 82.8 Å². The zero-order valence-corrected chi connectivity index (χ0v) is 18.4. The van der Waals surface area contributed by atoms with E-state index in [1.54, 1.807) is 20.8 Å². The van der Waals surface area contributed by atoms with E-state index >= 15 is 0 Å². The number of hydrazine groups is 1. The Morgan fingerprint density at radius 1 is 1.04 bits per heavy atom. The molecule has 0 bridgehead atoms. The molecule has 0 aromatic heterocycles. The molecule has 1 atom stereocenters. The summed E-state index contributed by atoms with van der Waals surface area (Å²) in [6.07, 6.45) is 1.05. The number of amides is 2. The van der Waals surface area contributed by atoms with Gasteiger partial charge in [0.15, 0.2) is 0 Å². The average Bonchev–Trinajstić information content (AvgIpc) is 2.46. The number of carbonyl (C=O) groups is 2. The highest BCUT2D eigenvalue weighted by atomic mass is 16.6. The summed E-state index contributed by atoms with van der Waals surface area (Å²) in [5, 5.41) is 1.46. The number of nitrogens with one attached hydrogen (secondary N) is 1. The number of hydrogen-bond donors (Lipinski definition) is 1. The zero-order valence-electron chi connectivity index (χ0n) is 18.4. The lowest BCUT2D eigenvalue weighted by molar-refractivity contribution is 0.00611. The van der Waals surface area contributed by atoms with E-state index in [1.165, 1.54) is 5.01 Å². The van der Waals surface area contributed by atoms with Crippen molar-refractivity contribution in [1.82, 2.24) is 10.4 Å². The summed E-state index contributed by atoms with van der Waals surface area (Å²) in [7, 11) is 0. The highest BCUT2D eigenvalue weighted by molar-refractivity contribution is 5.95. The van der Waals surface area contributed by atoms with E-state index in [-0.39, 0.29) is 17.4 Å². The maximum absolute atomic E-state index is 13.4. The van der Waals surface area contributed by atoms with Gasteiger partial charge in [-0.2, -0.15) is 0 Å². The molecular weight excluding hydrogens is 340 g/mol. The Morgan fingerprint density at radius 2 is 1.56 bits per heavy atom. The Labute approximate surface area is 164 Å². The fourth-order valence-electron chi connectivity index (χ4n) is 3.13. The van der Waals surface area contributed by atoms with E-state index in [2.05, 4.69) is 33.1 Å². The topological polar surface area (TPSA) is 58.6 Å². The largest absolute Gasteiger partial charge is 0.443 e. The maximum Gasteiger partial charge on any atom is 0.426 e. The Balaban J connectivity index is 3.30. The van der Waals surface area contributed by atoms with Crippen LogP contribution < -0.4 is 5.43 Å². The SMILES string of the molecule is CCC[C@@H](N(NC(=O)OC(C)(C)C)C(=O)c1cc(C)cc(C)c1)C(C)(C)C. The quantitative estimate of drug-likeness (QED) is 0.716. The molecule has 1 aromatic carbocycles. The molecule has 5 nitrogen and oxygen atoms in total. The molecule has 2 amide bonds. The smallest absolute Gasteiger partial charge is 0.426 e. The summed E-state index contributed by atoms with van der Waals surface area (Å²) >= 11 is 0. The average molecular weight is 377 g/mol. The molecule has 27 heavy (non-hydrogen) atoms. The molecule has 0 radical (unpaired) electrons. The number of rotatable bonds is 4. The van der Waals surface area contributed by atoms with Crippen LogP contribution in [0.4, 0.5) is 4.79 Å². The summed E-state index contributed by atoms with van der Waals surface area (Å²) < 4.78 is 5.40. The van der Waals surface area contributed by atoms with Crippen LogP contribution in [0.15, 0.2) is 18.2 Å².